The third-order valence-electron chi connectivity index (χ3n) is 6.14. The molecule has 4 heteroatoms. The molecule has 0 aromatic heterocycles. The van der Waals surface area contributed by atoms with Gasteiger partial charge >= 0.3 is 0 Å². The van der Waals surface area contributed by atoms with E-state index in [4.69, 9.17) is 5.73 Å². The van der Waals surface area contributed by atoms with Gasteiger partial charge in [0.05, 0.1) is 5.41 Å². The molecule has 2 N–H and O–H groups in total. The average molecular weight is 352 g/mol. The van der Waals surface area contributed by atoms with Crippen LogP contribution in [-0.2, 0) is 10.2 Å². The van der Waals surface area contributed by atoms with Crippen molar-refractivity contribution in [3.63, 3.8) is 0 Å². The summed E-state index contributed by atoms with van der Waals surface area (Å²) in [7, 11) is 0. The van der Waals surface area contributed by atoms with E-state index in [1.54, 1.807) is 12.1 Å². The molecule has 0 spiro atoms. The number of amides is 1. The van der Waals surface area contributed by atoms with Crippen molar-refractivity contribution in [2.45, 2.75) is 43.1 Å². The minimum atomic E-state index is -0.726. The van der Waals surface area contributed by atoms with E-state index in [2.05, 4.69) is 12.1 Å². The summed E-state index contributed by atoms with van der Waals surface area (Å²) in [5.74, 6) is -0.0842. The molecular formula is C22H25FN2O. The molecule has 2 aliphatic rings. The van der Waals surface area contributed by atoms with E-state index in [9.17, 15) is 9.18 Å². The Balaban J connectivity index is 1.63. The molecule has 4 rings (SSSR count). The van der Waals surface area contributed by atoms with E-state index in [0.29, 0.717) is 31.5 Å². The standard InChI is InChI=1S/C22H25FN2O/c23-19-11-5-4-10-18(19)22(12-6-7-13-22)21(26)25-14-17(20(24)15-25)16-8-2-1-3-9-16/h1-5,8-11,17,20H,6-7,12-15,24H2/t17-,20+/m0/s1. The van der Waals surface area contributed by atoms with Crippen molar-refractivity contribution in [3.8, 4) is 0 Å². The molecule has 2 atom stereocenters. The number of halogens is 1. The van der Waals surface area contributed by atoms with E-state index in [1.165, 1.54) is 11.6 Å². The molecule has 0 bridgehead atoms. The van der Waals surface area contributed by atoms with E-state index in [-0.39, 0.29) is 23.7 Å². The molecule has 136 valence electrons. The van der Waals surface area contributed by atoms with E-state index in [1.807, 2.05) is 29.2 Å². The molecule has 1 amide bonds. The smallest absolute Gasteiger partial charge is 0.233 e. The van der Waals surface area contributed by atoms with E-state index in [0.717, 1.165) is 12.8 Å². The fourth-order valence-electron chi connectivity index (χ4n) is 4.78. The van der Waals surface area contributed by atoms with Gasteiger partial charge < -0.3 is 10.6 Å². The van der Waals surface area contributed by atoms with Crippen LogP contribution >= 0.6 is 0 Å². The van der Waals surface area contributed by atoms with Gasteiger partial charge in [0.25, 0.3) is 0 Å². The zero-order valence-electron chi connectivity index (χ0n) is 14.9. The summed E-state index contributed by atoms with van der Waals surface area (Å²) in [5, 5.41) is 0. The lowest BCUT2D eigenvalue weighted by Gasteiger charge is -2.33. The maximum atomic E-state index is 14.6. The first kappa shape index (κ1) is 17.2. The number of nitrogens with zero attached hydrogens (tertiary/aromatic N) is 1. The molecule has 0 radical (unpaired) electrons. The Bertz CT molecular complexity index is 786. The summed E-state index contributed by atoms with van der Waals surface area (Å²) < 4.78 is 14.6. The van der Waals surface area contributed by atoms with E-state index >= 15 is 0 Å². The lowest BCUT2D eigenvalue weighted by atomic mass is 9.77. The zero-order chi connectivity index (χ0) is 18.1. The fraction of sp³-hybridized carbons (Fsp3) is 0.409. The molecule has 1 saturated carbocycles. The highest BCUT2D eigenvalue weighted by atomic mass is 19.1. The summed E-state index contributed by atoms with van der Waals surface area (Å²) in [6.45, 7) is 1.15. The topological polar surface area (TPSA) is 46.3 Å². The van der Waals surface area contributed by atoms with Crippen molar-refractivity contribution in [3.05, 3.63) is 71.5 Å². The second-order valence-corrected chi connectivity index (χ2v) is 7.66. The van der Waals surface area contributed by atoms with Gasteiger partial charge in [-0.15, -0.1) is 0 Å². The van der Waals surface area contributed by atoms with Gasteiger partial charge in [-0.05, 0) is 24.5 Å². The van der Waals surface area contributed by atoms with Crippen LogP contribution in [0.1, 0.15) is 42.7 Å². The Morgan fingerprint density at radius 2 is 1.65 bits per heavy atom. The van der Waals surface area contributed by atoms with Gasteiger partial charge in [-0.25, -0.2) is 4.39 Å². The normalized spacial score (nSPS) is 24.8. The molecule has 1 aliphatic carbocycles. The van der Waals surface area contributed by atoms with Crippen molar-refractivity contribution in [1.29, 1.82) is 0 Å². The largest absolute Gasteiger partial charge is 0.340 e. The van der Waals surface area contributed by atoms with Crippen LogP contribution in [0.2, 0.25) is 0 Å². The Kier molecular flexibility index (Phi) is 4.53. The monoisotopic (exact) mass is 352 g/mol. The number of benzene rings is 2. The van der Waals surface area contributed by atoms with E-state index < -0.39 is 5.41 Å². The molecular weight excluding hydrogens is 327 g/mol. The van der Waals surface area contributed by atoms with Crippen LogP contribution in [0.25, 0.3) is 0 Å². The number of likely N-dealkylation sites (tertiary alicyclic amines) is 1. The number of nitrogens with two attached hydrogens (primary N) is 1. The van der Waals surface area contributed by atoms with Crippen molar-refractivity contribution >= 4 is 5.91 Å². The summed E-state index contributed by atoms with van der Waals surface area (Å²) in [5.41, 5.74) is 7.38. The van der Waals surface area contributed by atoms with Crippen LogP contribution in [0.3, 0.4) is 0 Å². The molecule has 2 aromatic rings. The predicted octanol–water partition coefficient (Wildman–Crippen LogP) is 3.59. The molecule has 2 aromatic carbocycles. The molecule has 26 heavy (non-hydrogen) atoms. The Morgan fingerprint density at radius 1 is 1.00 bits per heavy atom. The fourth-order valence-corrected chi connectivity index (χ4v) is 4.78. The molecule has 2 fully saturated rings. The second-order valence-electron chi connectivity index (χ2n) is 7.66. The third-order valence-corrected chi connectivity index (χ3v) is 6.14. The Hall–Kier alpha value is -2.20. The SMILES string of the molecule is N[C@@H]1CN(C(=O)C2(c3ccccc3F)CCCC2)C[C@H]1c1ccccc1. The Labute approximate surface area is 154 Å². The molecule has 1 aliphatic heterocycles. The average Bonchev–Trinajstić information content (AvgIpc) is 3.30. The lowest BCUT2D eigenvalue weighted by Crippen LogP contribution is -2.45. The zero-order valence-corrected chi connectivity index (χ0v) is 14.9. The minimum Gasteiger partial charge on any atom is -0.340 e. The maximum Gasteiger partial charge on any atom is 0.233 e. The number of rotatable bonds is 3. The van der Waals surface area contributed by atoms with Crippen molar-refractivity contribution in [1.82, 2.24) is 4.90 Å². The first-order valence-electron chi connectivity index (χ1n) is 9.47. The predicted molar refractivity (Wildman–Crippen MR) is 100 cm³/mol. The first-order chi connectivity index (χ1) is 12.6. The minimum absolute atomic E-state index is 0.0500. The van der Waals surface area contributed by atoms with Crippen molar-refractivity contribution < 1.29 is 9.18 Å². The van der Waals surface area contributed by atoms with Gasteiger partial charge in [-0.2, -0.15) is 0 Å². The van der Waals surface area contributed by atoms with Crippen LogP contribution in [0, 0.1) is 5.82 Å². The summed E-state index contributed by atoms with van der Waals surface area (Å²) in [6.07, 6.45) is 3.35. The number of carbonyl (C=O) groups is 1. The first-order valence-corrected chi connectivity index (χ1v) is 9.47. The molecule has 0 unspecified atom stereocenters. The quantitative estimate of drug-likeness (QED) is 0.918. The summed E-state index contributed by atoms with van der Waals surface area (Å²) in [6, 6.07) is 16.8. The van der Waals surface area contributed by atoms with Gasteiger partial charge in [-0.1, -0.05) is 61.4 Å². The van der Waals surface area contributed by atoms with Crippen molar-refractivity contribution in [2.75, 3.05) is 13.1 Å². The van der Waals surface area contributed by atoms with Gasteiger partial charge in [-0.3, -0.25) is 4.79 Å². The van der Waals surface area contributed by atoms with Gasteiger partial charge in [0, 0.05) is 30.6 Å². The van der Waals surface area contributed by atoms with Gasteiger partial charge in [0.15, 0.2) is 0 Å². The molecule has 1 saturated heterocycles. The van der Waals surface area contributed by atoms with Crippen LogP contribution in [0.15, 0.2) is 54.6 Å². The van der Waals surface area contributed by atoms with Crippen molar-refractivity contribution in [2.24, 2.45) is 5.73 Å². The van der Waals surface area contributed by atoms with Gasteiger partial charge in [0.2, 0.25) is 5.91 Å². The lowest BCUT2D eigenvalue weighted by molar-refractivity contribution is -0.136. The maximum absolute atomic E-state index is 14.6. The van der Waals surface area contributed by atoms with Gasteiger partial charge in [0.1, 0.15) is 5.82 Å². The van der Waals surface area contributed by atoms with Crippen LogP contribution < -0.4 is 5.73 Å². The molecule has 1 heterocycles. The van der Waals surface area contributed by atoms with Crippen LogP contribution in [0.4, 0.5) is 4.39 Å². The summed E-state index contributed by atoms with van der Waals surface area (Å²) >= 11 is 0. The number of hydrogen-bond donors (Lipinski definition) is 1. The number of carbonyl (C=O) groups excluding carboxylic acids is 1. The van der Waals surface area contributed by atoms with Crippen LogP contribution in [0.5, 0.6) is 0 Å². The Morgan fingerprint density at radius 3 is 2.35 bits per heavy atom. The third kappa shape index (κ3) is 2.82. The highest BCUT2D eigenvalue weighted by Crippen LogP contribution is 2.44. The highest BCUT2D eigenvalue weighted by molar-refractivity contribution is 5.89. The second kappa shape index (κ2) is 6.84. The summed E-state index contributed by atoms with van der Waals surface area (Å²) in [4.78, 5) is 15.4. The molecule has 3 nitrogen and oxygen atoms in total. The van der Waals surface area contributed by atoms with Crippen LogP contribution in [-0.4, -0.2) is 29.9 Å². The highest BCUT2D eigenvalue weighted by Gasteiger charge is 2.48. The number of hydrogen-bond acceptors (Lipinski definition) is 2.